The number of ether oxygens (including phenoxy) is 1. The van der Waals surface area contributed by atoms with Gasteiger partial charge in [-0.15, -0.1) is 0 Å². The maximum atomic E-state index is 11.4. The second-order valence-electron chi connectivity index (χ2n) is 4.04. The van der Waals surface area contributed by atoms with Crippen LogP contribution in [0.4, 0.5) is 0 Å². The van der Waals surface area contributed by atoms with Gasteiger partial charge in [-0.1, -0.05) is 23.7 Å². The molecule has 6 heteroatoms. The van der Waals surface area contributed by atoms with Gasteiger partial charge in [0, 0.05) is 25.2 Å². The SMILES string of the molecule is COCCNCC(=O)NCC(O)c1ccc(Cl)cc1. The summed E-state index contributed by atoms with van der Waals surface area (Å²) in [5.74, 6) is -0.163. The zero-order valence-electron chi connectivity index (χ0n) is 10.9. The standard InChI is InChI=1S/C13H19ClN2O3/c1-19-7-6-15-9-13(18)16-8-12(17)10-2-4-11(14)5-3-10/h2-5,12,15,17H,6-9H2,1H3,(H,16,18). The molecule has 0 aromatic heterocycles. The number of hydrogen-bond donors (Lipinski definition) is 3. The number of nitrogens with one attached hydrogen (secondary N) is 2. The summed E-state index contributed by atoms with van der Waals surface area (Å²) in [6.07, 6.45) is -0.736. The van der Waals surface area contributed by atoms with E-state index in [2.05, 4.69) is 10.6 Å². The highest BCUT2D eigenvalue weighted by atomic mass is 35.5. The maximum Gasteiger partial charge on any atom is 0.234 e. The van der Waals surface area contributed by atoms with Crippen LogP contribution in [0.25, 0.3) is 0 Å². The van der Waals surface area contributed by atoms with E-state index in [9.17, 15) is 9.90 Å². The lowest BCUT2D eigenvalue weighted by Crippen LogP contribution is -2.37. The van der Waals surface area contributed by atoms with Crippen LogP contribution in [-0.2, 0) is 9.53 Å². The molecule has 19 heavy (non-hydrogen) atoms. The fourth-order valence-electron chi connectivity index (χ4n) is 1.45. The first-order chi connectivity index (χ1) is 9.13. The molecule has 1 atom stereocenters. The van der Waals surface area contributed by atoms with Crippen LogP contribution in [0.5, 0.6) is 0 Å². The number of aliphatic hydroxyl groups is 1. The average molecular weight is 287 g/mol. The summed E-state index contributed by atoms with van der Waals surface area (Å²) in [7, 11) is 1.60. The van der Waals surface area contributed by atoms with Gasteiger partial charge in [-0.25, -0.2) is 0 Å². The molecule has 5 nitrogen and oxygen atoms in total. The molecule has 0 saturated heterocycles. The smallest absolute Gasteiger partial charge is 0.234 e. The van der Waals surface area contributed by atoms with Crippen LogP contribution < -0.4 is 10.6 Å². The van der Waals surface area contributed by atoms with Crippen molar-refractivity contribution in [1.29, 1.82) is 0 Å². The quantitative estimate of drug-likeness (QED) is 0.616. The number of halogens is 1. The highest BCUT2D eigenvalue weighted by molar-refractivity contribution is 6.30. The fourth-order valence-corrected chi connectivity index (χ4v) is 1.58. The Bertz CT molecular complexity index is 384. The second-order valence-corrected chi connectivity index (χ2v) is 4.48. The maximum absolute atomic E-state index is 11.4. The van der Waals surface area contributed by atoms with E-state index in [-0.39, 0.29) is 19.0 Å². The molecular formula is C13H19ClN2O3. The number of hydrogen-bond acceptors (Lipinski definition) is 4. The van der Waals surface area contributed by atoms with E-state index < -0.39 is 6.10 Å². The summed E-state index contributed by atoms with van der Waals surface area (Å²) >= 11 is 5.76. The molecule has 0 spiro atoms. The van der Waals surface area contributed by atoms with Gasteiger partial charge in [0.05, 0.1) is 19.3 Å². The Labute approximate surface area is 117 Å². The number of amides is 1. The third-order valence-corrected chi connectivity index (χ3v) is 2.77. The number of carbonyl (C=O) groups is 1. The molecule has 0 aliphatic carbocycles. The topological polar surface area (TPSA) is 70.6 Å². The van der Waals surface area contributed by atoms with Crippen molar-refractivity contribution < 1.29 is 14.6 Å². The van der Waals surface area contributed by atoms with Crippen LogP contribution in [0.1, 0.15) is 11.7 Å². The Morgan fingerprint density at radius 1 is 1.42 bits per heavy atom. The highest BCUT2D eigenvalue weighted by Crippen LogP contribution is 2.15. The van der Waals surface area contributed by atoms with Crippen molar-refractivity contribution in [3.05, 3.63) is 34.9 Å². The predicted molar refractivity (Wildman–Crippen MR) is 74.2 cm³/mol. The van der Waals surface area contributed by atoms with E-state index in [1.165, 1.54) is 0 Å². The van der Waals surface area contributed by atoms with Crippen LogP contribution in [-0.4, -0.2) is 44.4 Å². The highest BCUT2D eigenvalue weighted by Gasteiger charge is 2.09. The van der Waals surface area contributed by atoms with Crippen molar-refractivity contribution in [2.75, 3.05) is 33.4 Å². The van der Waals surface area contributed by atoms with E-state index in [4.69, 9.17) is 16.3 Å². The van der Waals surface area contributed by atoms with Gasteiger partial charge in [0.1, 0.15) is 0 Å². The van der Waals surface area contributed by atoms with Gasteiger partial charge >= 0.3 is 0 Å². The summed E-state index contributed by atoms with van der Waals surface area (Å²) in [5, 5.41) is 16.1. The molecule has 0 aliphatic heterocycles. The van der Waals surface area contributed by atoms with Crippen molar-refractivity contribution in [1.82, 2.24) is 10.6 Å². The molecule has 1 amide bonds. The van der Waals surface area contributed by atoms with E-state index in [1.807, 2.05) is 0 Å². The number of aliphatic hydroxyl groups excluding tert-OH is 1. The fraction of sp³-hybridized carbons (Fsp3) is 0.462. The first-order valence-corrected chi connectivity index (χ1v) is 6.41. The lowest BCUT2D eigenvalue weighted by molar-refractivity contribution is -0.120. The molecule has 1 unspecified atom stereocenters. The Hall–Kier alpha value is -1.14. The molecule has 0 bridgehead atoms. The largest absolute Gasteiger partial charge is 0.387 e. The molecular weight excluding hydrogens is 268 g/mol. The minimum atomic E-state index is -0.736. The van der Waals surface area contributed by atoms with Crippen LogP contribution in [0.2, 0.25) is 5.02 Å². The summed E-state index contributed by atoms with van der Waals surface area (Å²) in [4.78, 5) is 11.4. The molecule has 1 aromatic rings. The summed E-state index contributed by atoms with van der Waals surface area (Å²) in [6, 6.07) is 6.87. The van der Waals surface area contributed by atoms with Crippen LogP contribution in [0.3, 0.4) is 0 Å². The van der Waals surface area contributed by atoms with Gasteiger partial charge in [0.15, 0.2) is 0 Å². The molecule has 106 valence electrons. The summed E-state index contributed by atoms with van der Waals surface area (Å²) in [6.45, 7) is 1.55. The van der Waals surface area contributed by atoms with Gasteiger partial charge in [-0.3, -0.25) is 4.79 Å². The molecule has 0 fully saturated rings. The minimum Gasteiger partial charge on any atom is -0.387 e. The summed E-state index contributed by atoms with van der Waals surface area (Å²) in [5.41, 5.74) is 0.719. The lowest BCUT2D eigenvalue weighted by atomic mass is 10.1. The van der Waals surface area contributed by atoms with E-state index in [1.54, 1.807) is 31.4 Å². The molecule has 3 N–H and O–H groups in total. The van der Waals surface area contributed by atoms with Gasteiger partial charge < -0.3 is 20.5 Å². The lowest BCUT2D eigenvalue weighted by Gasteiger charge is -2.12. The number of carbonyl (C=O) groups excluding carboxylic acids is 1. The number of benzene rings is 1. The van der Waals surface area contributed by atoms with Gasteiger partial charge in [-0.2, -0.15) is 0 Å². The van der Waals surface area contributed by atoms with E-state index in [0.29, 0.717) is 18.2 Å². The van der Waals surface area contributed by atoms with Crippen LogP contribution in [0.15, 0.2) is 24.3 Å². The molecule has 1 rings (SSSR count). The van der Waals surface area contributed by atoms with E-state index >= 15 is 0 Å². The normalized spacial score (nSPS) is 12.2. The Morgan fingerprint density at radius 2 is 2.11 bits per heavy atom. The Morgan fingerprint density at radius 3 is 2.74 bits per heavy atom. The summed E-state index contributed by atoms with van der Waals surface area (Å²) < 4.78 is 4.84. The van der Waals surface area contributed by atoms with E-state index in [0.717, 1.165) is 5.56 Å². The number of rotatable bonds is 8. The van der Waals surface area contributed by atoms with Gasteiger partial charge in [0.25, 0.3) is 0 Å². The third kappa shape index (κ3) is 6.54. The van der Waals surface area contributed by atoms with Crippen molar-refractivity contribution in [3.63, 3.8) is 0 Å². The molecule has 0 heterocycles. The molecule has 1 aromatic carbocycles. The predicted octanol–water partition coefficient (Wildman–Crippen LogP) is 0.726. The van der Waals surface area contributed by atoms with Crippen molar-refractivity contribution >= 4 is 17.5 Å². The minimum absolute atomic E-state index is 0.163. The Balaban J connectivity index is 2.24. The zero-order chi connectivity index (χ0) is 14.1. The van der Waals surface area contributed by atoms with Crippen LogP contribution in [0, 0.1) is 0 Å². The monoisotopic (exact) mass is 286 g/mol. The molecule has 0 aliphatic rings. The van der Waals surface area contributed by atoms with Crippen LogP contribution >= 0.6 is 11.6 Å². The molecule has 0 saturated carbocycles. The third-order valence-electron chi connectivity index (χ3n) is 2.52. The second kappa shape index (κ2) is 8.87. The zero-order valence-corrected chi connectivity index (χ0v) is 11.6. The number of methoxy groups -OCH3 is 1. The average Bonchev–Trinajstić information content (AvgIpc) is 2.42. The molecule has 0 radical (unpaired) electrons. The van der Waals surface area contributed by atoms with Gasteiger partial charge in [-0.05, 0) is 17.7 Å². The van der Waals surface area contributed by atoms with Gasteiger partial charge in [0.2, 0.25) is 5.91 Å². The first-order valence-electron chi connectivity index (χ1n) is 6.03. The van der Waals surface area contributed by atoms with Crippen molar-refractivity contribution in [2.24, 2.45) is 0 Å². The first kappa shape index (κ1) is 15.9. The van der Waals surface area contributed by atoms with Crippen molar-refractivity contribution in [3.8, 4) is 0 Å². The Kier molecular flexibility index (Phi) is 7.43. The van der Waals surface area contributed by atoms with Crippen molar-refractivity contribution in [2.45, 2.75) is 6.10 Å².